The van der Waals surface area contributed by atoms with Gasteiger partial charge in [-0.3, -0.25) is 103 Å². The Hall–Kier alpha value is -12.6. The summed E-state index contributed by atoms with van der Waals surface area (Å²) in [5.41, 5.74) is 37.2. The maximum absolute atomic E-state index is 14.9. The number of hydrogen-bond acceptors (Lipinski definition) is 24. The number of aliphatic hydroxyl groups is 2. The fourth-order valence-electron chi connectivity index (χ4n) is 15.3. The number of aromatic amines is 1. The van der Waals surface area contributed by atoms with Gasteiger partial charge in [-0.15, -0.1) is 0 Å². The molecule has 36 N–H and O–H groups in total. The fourth-order valence-corrected chi connectivity index (χ4v) is 15.3. The first-order chi connectivity index (χ1) is 60.8. The van der Waals surface area contributed by atoms with Crippen LogP contribution in [0, 0.1) is 34.0 Å². The number of imidazole rings is 1. The predicted octanol–water partition coefficient (Wildman–Crippen LogP) is -8.28. The highest BCUT2D eigenvalue weighted by atomic mass is 16.3. The number of aromatic nitrogens is 2. The topological polar surface area (TPSA) is 826 Å². The summed E-state index contributed by atoms with van der Waals surface area (Å²) in [4.78, 5) is 258. The van der Waals surface area contributed by atoms with Crippen molar-refractivity contribution in [2.24, 2.45) is 57.9 Å². The Balaban J connectivity index is 1.61. The van der Waals surface area contributed by atoms with E-state index in [-0.39, 0.29) is 120 Å². The summed E-state index contributed by atoms with van der Waals surface area (Å²) in [6.07, 6.45) is 5.40. The molecule has 0 spiro atoms. The third kappa shape index (κ3) is 40.1. The molecule has 1 aliphatic heterocycles. The number of likely N-dealkylation sites (tertiary alicyclic amines) is 1. The summed E-state index contributed by atoms with van der Waals surface area (Å²) in [6, 6.07) is -20.3. The Labute approximate surface area is 747 Å². The molecular formula is C80H137N29O20. The minimum absolute atomic E-state index is 0.0235. The van der Waals surface area contributed by atoms with Gasteiger partial charge < -0.3 is 145 Å². The highest BCUT2D eigenvalue weighted by Crippen LogP contribution is 2.30. The lowest BCUT2D eigenvalue weighted by molar-refractivity contribution is -0.143. The van der Waals surface area contributed by atoms with Gasteiger partial charge in [0.05, 0.1) is 25.5 Å². The largest absolute Gasteiger partial charge is 0.394 e. The number of guanidine groups is 3. The van der Waals surface area contributed by atoms with E-state index in [1.807, 2.05) is 0 Å². The summed E-state index contributed by atoms with van der Waals surface area (Å²) >= 11 is 0. The number of hydrogen-bond donors (Lipinski definition) is 29. The Morgan fingerprint density at radius 1 is 0.473 bits per heavy atom. The minimum atomic E-state index is -2.07. The molecule has 1 aromatic heterocycles. The van der Waals surface area contributed by atoms with Crippen molar-refractivity contribution in [1.82, 2.24) is 99.9 Å². The number of amides is 18. The molecule has 3 fully saturated rings. The van der Waals surface area contributed by atoms with Crippen molar-refractivity contribution in [3.63, 3.8) is 0 Å². The average molecular weight is 1830 g/mol. The average Bonchev–Trinajstić information content (AvgIpc) is 1.77. The van der Waals surface area contributed by atoms with E-state index in [9.17, 15) is 96.5 Å². The maximum Gasteiger partial charge on any atom is 0.248 e. The zero-order valence-corrected chi connectivity index (χ0v) is 74.3. The summed E-state index contributed by atoms with van der Waals surface area (Å²) in [6.45, 7) is 7.25. The molecule has 722 valence electrons. The van der Waals surface area contributed by atoms with Crippen molar-refractivity contribution < 1.29 is 96.5 Å². The molecule has 0 unspecified atom stereocenters. The lowest BCUT2D eigenvalue weighted by atomic mass is 9.84. The quantitative estimate of drug-likeness (QED) is 0.0164. The second kappa shape index (κ2) is 55.2. The van der Waals surface area contributed by atoms with Gasteiger partial charge in [0.25, 0.3) is 0 Å². The van der Waals surface area contributed by atoms with Gasteiger partial charge in [0.15, 0.2) is 17.9 Å². The van der Waals surface area contributed by atoms with Gasteiger partial charge in [0.1, 0.15) is 84.1 Å². The van der Waals surface area contributed by atoms with Crippen molar-refractivity contribution >= 4 is 124 Å². The molecule has 0 bridgehead atoms. The Bertz CT molecular complexity index is 4030. The molecule has 1 aromatic rings. The molecule has 18 amide bonds. The van der Waals surface area contributed by atoms with Crippen LogP contribution in [0.2, 0.25) is 0 Å². The van der Waals surface area contributed by atoms with Crippen LogP contribution in [-0.2, 0) is 92.7 Å². The minimum Gasteiger partial charge on any atom is -0.394 e. The van der Waals surface area contributed by atoms with Crippen LogP contribution in [0.4, 0.5) is 0 Å². The summed E-state index contributed by atoms with van der Waals surface area (Å²) in [5, 5.41) is 84.6. The number of nitrogens with one attached hydrogen (secondary N) is 20. The van der Waals surface area contributed by atoms with Crippen LogP contribution in [0.5, 0.6) is 0 Å². The highest BCUT2D eigenvalue weighted by molar-refractivity contribution is 6.02. The van der Waals surface area contributed by atoms with Gasteiger partial charge >= 0.3 is 0 Å². The van der Waals surface area contributed by atoms with Crippen molar-refractivity contribution in [3.8, 4) is 0 Å². The summed E-state index contributed by atoms with van der Waals surface area (Å²) in [5.74, 6) is -19.5. The van der Waals surface area contributed by atoms with Crippen LogP contribution >= 0.6 is 0 Å². The van der Waals surface area contributed by atoms with Crippen LogP contribution in [0.1, 0.15) is 214 Å². The van der Waals surface area contributed by atoms with E-state index in [0.717, 1.165) is 70.1 Å². The molecule has 0 aromatic carbocycles. The number of carbonyl (C=O) groups is 18. The van der Waals surface area contributed by atoms with Crippen molar-refractivity contribution in [1.29, 1.82) is 16.2 Å². The lowest BCUT2D eigenvalue weighted by Crippen LogP contribution is -2.65. The van der Waals surface area contributed by atoms with Gasteiger partial charge in [-0.25, -0.2) is 4.98 Å². The zero-order valence-electron chi connectivity index (χ0n) is 74.3. The molecule has 2 saturated carbocycles. The summed E-state index contributed by atoms with van der Waals surface area (Å²) in [7, 11) is 0. The van der Waals surface area contributed by atoms with E-state index in [2.05, 4.69) is 95.0 Å². The van der Waals surface area contributed by atoms with E-state index in [0.29, 0.717) is 19.3 Å². The van der Waals surface area contributed by atoms with E-state index in [4.69, 9.17) is 56.4 Å². The first kappa shape index (κ1) is 109. The van der Waals surface area contributed by atoms with Crippen LogP contribution in [-0.4, -0.2) is 272 Å². The SMILES string of the molecule is CC(=O)N[C@@H](CO)C(=O)N1CCC[C@@H]1C(=O)N[C@@H](CCCNC(=N)N)C(=O)N[C@@H](Cc1cnc[nH]1)C(=O)N[C@@H](CCC(N)=O)C(=O)N[C@@H](CC1CCCCC1)C(=O)N[C@@H](CC(N)=O)C(=O)N[C@@H](CC(C)C)C(=O)NC(C)(C)C(=O)N[C@H](C(=O)N[C@@H](CCCNC(=N)N)C(=O)N[C@@H](CCC(N)=O)C(=O)N[C@@H](CCCNC(=N)N)C(=O)N[C@@H](CC1CCCCC1)C(N)=O)[C@@H](C)O. The number of nitrogens with two attached hydrogens (primary N) is 7. The fraction of sp³-hybridized carbons (Fsp3) is 0.700. The normalized spacial score (nSPS) is 17.1. The van der Waals surface area contributed by atoms with Crippen LogP contribution in [0.15, 0.2) is 12.5 Å². The smallest absolute Gasteiger partial charge is 0.248 e. The molecule has 14 atom stereocenters. The third-order valence-corrected chi connectivity index (χ3v) is 22.1. The molecular weight excluding hydrogens is 1690 g/mol. The van der Waals surface area contributed by atoms with Crippen molar-refractivity contribution in [3.05, 3.63) is 18.2 Å². The molecule has 4 rings (SSSR count). The maximum atomic E-state index is 14.9. The number of nitrogens with zero attached hydrogens (tertiary/aromatic N) is 2. The number of H-pyrrole nitrogens is 1. The first-order valence-corrected chi connectivity index (χ1v) is 43.7. The van der Waals surface area contributed by atoms with Crippen molar-refractivity contribution in [2.45, 2.75) is 305 Å². The van der Waals surface area contributed by atoms with Crippen LogP contribution in [0.3, 0.4) is 0 Å². The van der Waals surface area contributed by atoms with E-state index in [1.54, 1.807) is 13.8 Å². The van der Waals surface area contributed by atoms with Crippen LogP contribution < -0.4 is 125 Å². The first-order valence-electron chi connectivity index (χ1n) is 43.7. The second-order valence-corrected chi connectivity index (χ2v) is 34.0. The van der Waals surface area contributed by atoms with Gasteiger partial charge in [-0.2, -0.15) is 0 Å². The van der Waals surface area contributed by atoms with Gasteiger partial charge in [0.2, 0.25) is 106 Å². The van der Waals surface area contributed by atoms with Gasteiger partial charge in [0, 0.05) is 64.3 Å². The molecule has 2 heterocycles. The summed E-state index contributed by atoms with van der Waals surface area (Å²) < 4.78 is 0. The number of aliphatic hydroxyl groups excluding tert-OH is 2. The molecule has 0 radical (unpaired) electrons. The Morgan fingerprint density at radius 2 is 0.876 bits per heavy atom. The third-order valence-electron chi connectivity index (χ3n) is 22.1. The zero-order chi connectivity index (χ0) is 96.4. The van der Waals surface area contributed by atoms with E-state index < -0.39 is 253 Å². The van der Waals surface area contributed by atoms with Gasteiger partial charge in [-0.1, -0.05) is 78.1 Å². The molecule has 3 aliphatic rings. The Kier molecular flexibility index (Phi) is 46.5. The lowest BCUT2D eigenvalue weighted by Gasteiger charge is -2.32. The monoisotopic (exact) mass is 1820 g/mol. The second-order valence-electron chi connectivity index (χ2n) is 34.0. The van der Waals surface area contributed by atoms with Crippen LogP contribution in [0.25, 0.3) is 0 Å². The highest BCUT2D eigenvalue weighted by Gasteiger charge is 2.43. The van der Waals surface area contributed by atoms with Crippen molar-refractivity contribution in [2.75, 3.05) is 32.8 Å². The molecule has 129 heavy (non-hydrogen) atoms. The Morgan fingerprint density at radius 3 is 1.29 bits per heavy atom. The predicted molar refractivity (Wildman–Crippen MR) is 466 cm³/mol. The molecule has 49 heteroatoms. The standard InChI is InChI=1S/C80H137N29O20/c1-41(2)33-53(72(125)108-80(5,6)76(129)107-62(42(3)111)74(127)101-49(23-15-31-94-79(89)90)64(117)98-50(25-27-59(81)113)67(120)97-47(21-13-29-92-77(85)86)65(118)102-52(63(84)116)34-44-17-9-7-10-18-44)103-71(124)56(37-61(83)115)106-69(122)54(35-45-19-11-8-12-20-45)104-68(121)51(26-28-60(82)114)99-70(123)55(36-46-38-91-40-95-46)105-66(119)48(22-14-30-93-78(87)88)100-73(126)58-24-16-32-109(58)75(128)57(39-110)96-43(4)112/h38,40-42,44-45,47-58,62,110-111H,7-37,39H2,1-6H3,(H2,81,113)(H2,82,114)(H2,83,115)(H2,84,116)(H,91,95)(H,96,112)(H,97,120)(H,98,117)(H,99,123)(H,100,126)(H,101,127)(H,102,118)(H,103,124)(H,104,121)(H,105,119)(H,106,122)(H,107,129)(H,108,125)(H4,85,86,92)(H4,87,88,93)(H4,89,90,94)/t42-,47+,48+,49+,50+,51+,52+,53+,54+,55+,56+,57+,58-,62+/m1/s1. The van der Waals surface area contributed by atoms with E-state index >= 15 is 0 Å². The number of primary amides is 4. The molecule has 49 nitrogen and oxygen atoms in total. The van der Waals surface area contributed by atoms with Gasteiger partial charge in [-0.05, 0) is 122 Å². The molecule has 2 aliphatic carbocycles. The van der Waals surface area contributed by atoms with E-state index in [1.165, 1.54) is 26.4 Å². The number of rotatable bonds is 57. The molecule has 1 saturated heterocycles. The number of carbonyl (C=O) groups excluding carboxylic acids is 18.